The summed E-state index contributed by atoms with van der Waals surface area (Å²) in [5.41, 5.74) is 1.40. The second-order valence-electron chi connectivity index (χ2n) is 3.85. The Morgan fingerprint density at radius 1 is 1.25 bits per heavy atom. The van der Waals surface area contributed by atoms with Crippen molar-refractivity contribution in [2.45, 2.75) is 11.4 Å². The third-order valence-electron chi connectivity index (χ3n) is 2.50. The van der Waals surface area contributed by atoms with Crippen LogP contribution in [0, 0.1) is 0 Å². The van der Waals surface area contributed by atoms with Crippen LogP contribution in [0.1, 0.15) is 5.56 Å². The molecule has 6 heteroatoms. The molecule has 20 heavy (non-hydrogen) atoms. The SMILES string of the molecule is COC(=O)/C=C(\NCc1ccccc1)C(Br)C(=O)OC. The summed E-state index contributed by atoms with van der Waals surface area (Å²) < 4.78 is 9.21. The molecule has 1 atom stereocenters. The van der Waals surface area contributed by atoms with Crippen molar-refractivity contribution in [2.24, 2.45) is 0 Å². The van der Waals surface area contributed by atoms with Gasteiger partial charge in [-0.1, -0.05) is 46.3 Å². The molecular formula is C14H16BrNO4. The molecule has 108 valence electrons. The molecule has 0 radical (unpaired) electrons. The normalized spacial score (nSPS) is 12.4. The Morgan fingerprint density at radius 2 is 1.90 bits per heavy atom. The number of methoxy groups -OCH3 is 2. The maximum Gasteiger partial charge on any atom is 0.332 e. The summed E-state index contributed by atoms with van der Waals surface area (Å²) in [6.07, 6.45) is 1.22. The van der Waals surface area contributed by atoms with Crippen molar-refractivity contribution >= 4 is 27.9 Å². The zero-order chi connectivity index (χ0) is 15.0. The molecule has 0 saturated heterocycles. The number of esters is 2. The Labute approximate surface area is 126 Å². The van der Waals surface area contributed by atoms with Gasteiger partial charge in [0.2, 0.25) is 0 Å². The van der Waals surface area contributed by atoms with E-state index in [2.05, 4.69) is 30.7 Å². The number of nitrogens with one attached hydrogen (secondary N) is 1. The summed E-state index contributed by atoms with van der Waals surface area (Å²) in [6.45, 7) is 0.475. The van der Waals surface area contributed by atoms with Gasteiger partial charge >= 0.3 is 11.9 Å². The van der Waals surface area contributed by atoms with Gasteiger partial charge in [0.25, 0.3) is 0 Å². The molecule has 1 N–H and O–H groups in total. The van der Waals surface area contributed by atoms with Crippen molar-refractivity contribution in [3.8, 4) is 0 Å². The minimum atomic E-state index is -0.754. The molecule has 1 aromatic carbocycles. The molecule has 0 aliphatic heterocycles. The molecular weight excluding hydrogens is 326 g/mol. The number of carbonyl (C=O) groups is 2. The Morgan fingerprint density at radius 3 is 2.45 bits per heavy atom. The summed E-state index contributed by atoms with van der Waals surface area (Å²) in [7, 11) is 2.55. The van der Waals surface area contributed by atoms with Gasteiger partial charge < -0.3 is 14.8 Å². The lowest BCUT2D eigenvalue weighted by Crippen LogP contribution is -2.28. The Kier molecular flexibility index (Phi) is 6.79. The first-order valence-corrected chi connectivity index (χ1v) is 6.79. The lowest BCUT2D eigenvalue weighted by molar-refractivity contribution is -0.139. The van der Waals surface area contributed by atoms with Crippen molar-refractivity contribution in [2.75, 3.05) is 14.2 Å². The van der Waals surface area contributed by atoms with Crippen molar-refractivity contribution in [1.29, 1.82) is 0 Å². The van der Waals surface area contributed by atoms with Crippen LogP contribution < -0.4 is 5.32 Å². The highest BCUT2D eigenvalue weighted by Gasteiger charge is 2.21. The summed E-state index contributed by atoms with van der Waals surface area (Å²) >= 11 is 3.19. The first kappa shape index (κ1) is 16.2. The molecule has 0 aromatic heterocycles. The van der Waals surface area contributed by atoms with Crippen LogP contribution in [-0.4, -0.2) is 31.0 Å². The van der Waals surface area contributed by atoms with Crippen molar-refractivity contribution in [3.63, 3.8) is 0 Å². The zero-order valence-corrected chi connectivity index (χ0v) is 12.8. The van der Waals surface area contributed by atoms with Crippen molar-refractivity contribution in [3.05, 3.63) is 47.7 Å². The number of benzene rings is 1. The van der Waals surface area contributed by atoms with Gasteiger partial charge in [-0.05, 0) is 5.56 Å². The second-order valence-corrected chi connectivity index (χ2v) is 4.76. The van der Waals surface area contributed by atoms with Crippen LogP contribution in [0.5, 0.6) is 0 Å². The fraction of sp³-hybridized carbons (Fsp3) is 0.286. The number of hydrogen-bond acceptors (Lipinski definition) is 5. The second kappa shape index (κ2) is 8.37. The Bertz CT molecular complexity index is 487. The molecule has 0 amide bonds. The largest absolute Gasteiger partial charge is 0.468 e. The van der Waals surface area contributed by atoms with Crippen LogP contribution >= 0.6 is 15.9 Å². The minimum absolute atomic E-state index is 0.382. The van der Waals surface area contributed by atoms with Crippen LogP contribution in [-0.2, 0) is 25.6 Å². The van der Waals surface area contributed by atoms with Crippen molar-refractivity contribution in [1.82, 2.24) is 5.32 Å². The average molecular weight is 342 g/mol. The highest BCUT2D eigenvalue weighted by atomic mass is 79.9. The first-order valence-electron chi connectivity index (χ1n) is 5.87. The van der Waals surface area contributed by atoms with Gasteiger partial charge in [-0.3, -0.25) is 4.79 Å². The minimum Gasteiger partial charge on any atom is -0.468 e. The van der Waals surface area contributed by atoms with Gasteiger partial charge in [0.15, 0.2) is 4.83 Å². The summed E-state index contributed by atoms with van der Waals surface area (Å²) in [5, 5.41) is 3.03. The molecule has 0 heterocycles. The Hall–Kier alpha value is -1.82. The number of halogens is 1. The van der Waals surface area contributed by atoms with Gasteiger partial charge in [-0.25, -0.2) is 4.79 Å². The third kappa shape index (κ3) is 5.05. The highest BCUT2D eigenvalue weighted by molar-refractivity contribution is 9.10. The topological polar surface area (TPSA) is 64.6 Å². The number of hydrogen-bond donors (Lipinski definition) is 1. The van der Waals surface area contributed by atoms with Gasteiger partial charge in [0.05, 0.1) is 14.2 Å². The van der Waals surface area contributed by atoms with E-state index in [1.54, 1.807) is 0 Å². The van der Waals surface area contributed by atoms with Gasteiger partial charge in [0.1, 0.15) is 0 Å². The van der Waals surface area contributed by atoms with E-state index in [-0.39, 0.29) is 0 Å². The van der Waals surface area contributed by atoms with E-state index in [0.29, 0.717) is 12.2 Å². The van der Waals surface area contributed by atoms with Crippen LogP contribution in [0.2, 0.25) is 0 Å². The molecule has 0 aliphatic carbocycles. The van der Waals surface area contributed by atoms with E-state index in [1.165, 1.54) is 20.3 Å². The summed E-state index contributed by atoms with van der Waals surface area (Å²) in [5.74, 6) is -1.05. The molecule has 0 saturated carbocycles. The maximum absolute atomic E-state index is 11.5. The predicted molar refractivity (Wildman–Crippen MR) is 78.1 cm³/mol. The van der Waals surface area contributed by atoms with E-state index in [1.807, 2.05) is 30.3 Å². The number of carbonyl (C=O) groups excluding carboxylic acids is 2. The quantitative estimate of drug-likeness (QED) is 0.485. The Balaban J connectivity index is 2.80. The number of alkyl halides is 1. The molecule has 0 spiro atoms. The molecule has 1 rings (SSSR count). The fourth-order valence-corrected chi connectivity index (χ4v) is 1.91. The lowest BCUT2D eigenvalue weighted by Gasteiger charge is -2.15. The maximum atomic E-state index is 11.5. The first-order chi connectivity index (χ1) is 9.58. The highest BCUT2D eigenvalue weighted by Crippen LogP contribution is 2.13. The number of rotatable bonds is 6. The molecule has 0 aliphatic rings. The van der Waals surface area contributed by atoms with E-state index in [9.17, 15) is 9.59 Å². The summed E-state index contributed by atoms with van der Waals surface area (Å²) in [4.78, 5) is 22.1. The zero-order valence-electron chi connectivity index (χ0n) is 11.3. The predicted octanol–water partition coefficient (Wildman–Crippen LogP) is 1.77. The van der Waals surface area contributed by atoms with Gasteiger partial charge in [-0.15, -0.1) is 0 Å². The molecule has 0 bridgehead atoms. The third-order valence-corrected chi connectivity index (χ3v) is 3.36. The molecule has 5 nitrogen and oxygen atoms in total. The van der Waals surface area contributed by atoms with E-state index < -0.39 is 16.8 Å². The van der Waals surface area contributed by atoms with Crippen LogP contribution in [0.4, 0.5) is 0 Å². The van der Waals surface area contributed by atoms with Crippen LogP contribution in [0.3, 0.4) is 0 Å². The van der Waals surface area contributed by atoms with E-state index in [4.69, 9.17) is 0 Å². The fourth-order valence-electron chi connectivity index (χ4n) is 1.43. The standard InChI is InChI=1S/C14H16BrNO4/c1-19-12(17)8-11(13(15)14(18)20-2)16-9-10-6-4-3-5-7-10/h3-8,13,16H,9H2,1-2H3/b11-8-. The van der Waals surface area contributed by atoms with Crippen LogP contribution in [0.15, 0.2) is 42.1 Å². The lowest BCUT2D eigenvalue weighted by atomic mass is 10.2. The van der Waals surface area contributed by atoms with Crippen LogP contribution in [0.25, 0.3) is 0 Å². The molecule has 1 unspecified atom stereocenters. The molecule has 1 aromatic rings. The smallest absolute Gasteiger partial charge is 0.332 e. The summed E-state index contributed by atoms with van der Waals surface area (Å²) in [6, 6.07) is 9.60. The van der Waals surface area contributed by atoms with E-state index in [0.717, 1.165) is 5.56 Å². The van der Waals surface area contributed by atoms with E-state index >= 15 is 0 Å². The van der Waals surface area contributed by atoms with Crippen molar-refractivity contribution < 1.29 is 19.1 Å². The number of ether oxygens (including phenoxy) is 2. The molecule has 0 fully saturated rings. The average Bonchev–Trinajstić information content (AvgIpc) is 2.50. The van der Waals surface area contributed by atoms with Gasteiger partial charge in [0, 0.05) is 18.3 Å². The monoisotopic (exact) mass is 341 g/mol. The van der Waals surface area contributed by atoms with Gasteiger partial charge in [-0.2, -0.15) is 0 Å².